The molecule has 0 aromatic heterocycles. The summed E-state index contributed by atoms with van der Waals surface area (Å²) in [6.45, 7) is 6.91. The van der Waals surface area contributed by atoms with E-state index in [-0.39, 0.29) is 6.04 Å². The molecule has 1 aliphatic heterocycles. The molecule has 2 unspecified atom stereocenters. The number of ether oxygens (including phenoxy) is 1. The highest BCUT2D eigenvalue weighted by Gasteiger charge is 2.23. The van der Waals surface area contributed by atoms with E-state index in [0.717, 1.165) is 18.8 Å². The number of aryl methyl sites for hydroxylation is 1. The maximum absolute atomic E-state index is 6.31. The minimum atomic E-state index is 0.138. The Morgan fingerprint density at radius 2 is 2.35 bits per heavy atom. The van der Waals surface area contributed by atoms with Crippen molar-refractivity contribution in [1.82, 2.24) is 5.32 Å². The van der Waals surface area contributed by atoms with Gasteiger partial charge in [-0.1, -0.05) is 12.1 Å². The molecule has 2 rings (SSSR count). The van der Waals surface area contributed by atoms with E-state index in [0.29, 0.717) is 12.5 Å². The number of nitrogens with one attached hydrogen (secondary N) is 1. The Morgan fingerprint density at radius 3 is 2.94 bits per heavy atom. The number of rotatable bonds is 4. The normalized spacial score (nSPS) is 21.5. The molecule has 2 atom stereocenters. The van der Waals surface area contributed by atoms with Gasteiger partial charge < -0.3 is 15.8 Å². The van der Waals surface area contributed by atoms with E-state index < -0.39 is 0 Å². The fourth-order valence-corrected chi connectivity index (χ4v) is 2.45. The van der Waals surface area contributed by atoms with E-state index in [1.165, 1.54) is 17.5 Å². The van der Waals surface area contributed by atoms with Crippen molar-refractivity contribution in [1.29, 1.82) is 0 Å². The lowest BCUT2D eigenvalue weighted by Gasteiger charge is -2.20. The van der Waals surface area contributed by atoms with Gasteiger partial charge in [0, 0.05) is 6.04 Å². The van der Waals surface area contributed by atoms with Crippen molar-refractivity contribution in [2.75, 3.05) is 19.7 Å². The van der Waals surface area contributed by atoms with Crippen molar-refractivity contribution in [3.05, 3.63) is 29.3 Å². The Hall–Kier alpha value is -1.06. The predicted molar refractivity (Wildman–Crippen MR) is 70.3 cm³/mol. The van der Waals surface area contributed by atoms with Crippen LogP contribution in [0.4, 0.5) is 0 Å². The van der Waals surface area contributed by atoms with Gasteiger partial charge in [0.1, 0.15) is 5.75 Å². The molecule has 0 radical (unpaired) electrons. The van der Waals surface area contributed by atoms with Crippen LogP contribution in [-0.4, -0.2) is 19.7 Å². The van der Waals surface area contributed by atoms with Gasteiger partial charge in [-0.05, 0) is 56.5 Å². The second-order valence-corrected chi connectivity index (χ2v) is 4.74. The van der Waals surface area contributed by atoms with E-state index in [1.807, 2.05) is 13.0 Å². The quantitative estimate of drug-likeness (QED) is 0.837. The van der Waals surface area contributed by atoms with Crippen LogP contribution in [0, 0.1) is 12.8 Å². The summed E-state index contributed by atoms with van der Waals surface area (Å²) in [6.07, 6.45) is 1.17. The summed E-state index contributed by atoms with van der Waals surface area (Å²) < 4.78 is 5.54. The SMILES string of the molecule is CCOc1ccc(C(N)C2CCNC2)cc1C. The molecule has 3 nitrogen and oxygen atoms in total. The zero-order valence-corrected chi connectivity index (χ0v) is 10.7. The van der Waals surface area contributed by atoms with Crippen LogP contribution in [0.15, 0.2) is 18.2 Å². The number of hydrogen-bond donors (Lipinski definition) is 2. The lowest BCUT2D eigenvalue weighted by atomic mass is 9.92. The van der Waals surface area contributed by atoms with Gasteiger partial charge in [-0.15, -0.1) is 0 Å². The molecule has 1 aliphatic rings. The van der Waals surface area contributed by atoms with Crippen LogP contribution >= 0.6 is 0 Å². The zero-order valence-electron chi connectivity index (χ0n) is 10.7. The van der Waals surface area contributed by atoms with Crippen molar-refractivity contribution in [2.24, 2.45) is 11.7 Å². The van der Waals surface area contributed by atoms with Gasteiger partial charge in [0.25, 0.3) is 0 Å². The van der Waals surface area contributed by atoms with Crippen LogP contribution in [0.1, 0.15) is 30.5 Å². The average Bonchev–Trinajstić information content (AvgIpc) is 2.84. The van der Waals surface area contributed by atoms with E-state index in [9.17, 15) is 0 Å². The largest absolute Gasteiger partial charge is 0.494 e. The van der Waals surface area contributed by atoms with Crippen molar-refractivity contribution in [2.45, 2.75) is 26.3 Å². The molecule has 1 saturated heterocycles. The first-order valence-electron chi connectivity index (χ1n) is 6.42. The average molecular weight is 234 g/mol. The highest BCUT2D eigenvalue weighted by Crippen LogP contribution is 2.28. The van der Waals surface area contributed by atoms with Gasteiger partial charge in [0.05, 0.1) is 6.61 Å². The first kappa shape index (κ1) is 12.4. The molecule has 1 aromatic carbocycles. The Balaban J connectivity index is 2.12. The maximum atomic E-state index is 6.31. The Kier molecular flexibility index (Phi) is 4.02. The summed E-state index contributed by atoms with van der Waals surface area (Å²) in [6, 6.07) is 6.44. The van der Waals surface area contributed by atoms with Gasteiger partial charge in [0.15, 0.2) is 0 Å². The third-order valence-electron chi connectivity index (χ3n) is 3.49. The molecule has 3 heteroatoms. The van der Waals surface area contributed by atoms with Crippen LogP contribution < -0.4 is 15.8 Å². The lowest BCUT2D eigenvalue weighted by molar-refractivity contribution is 0.337. The Morgan fingerprint density at radius 1 is 1.53 bits per heavy atom. The van der Waals surface area contributed by atoms with Crippen molar-refractivity contribution < 1.29 is 4.74 Å². The van der Waals surface area contributed by atoms with E-state index in [2.05, 4.69) is 24.4 Å². The Bertz CT molecular complexity index is 372. The van der Waals surface area contributed by atoms with Gasteiger partial charge in [-0.25, -0.2) is 0 Å². The molecule has 0 aliphatic carbocycles. The van der Waals surface area contributed by atoms with Crippen LogP contribution in [-0.2, 0) is 0 Å². The van der Waals surface area contributed by atoms with Gasteiger partial charge in [-0.3, -0.25) is 0 Å². The molecule has 1 aromatic rings. The minimum absolute atomic E-state index is 0.138. The molecular weight excluding hydrogens is 212 g/mol. The maximum Gasteiger partial charge on any atom is 0.122 e. The fourth-order valence-electron chi connectivity index (χ4n) is 2.45. The summed E-state index contributed by atoms with van der Waals surface area (Å²) >= 11 is 0. The molecule has 0 bridgehead atoms. The molecule has 1 fully saturated rings. The molecule has 0 saturated carbocycles. The molecule has 0 amide bonds. The van der Waals surface area contributed by atoms with E-state index in [1.54, 1.807) is 0 Å². The summed E-state index contributed by atoms with van der Waals surface area (Å²) in [7, 11) is 0. The third-order valence-corrected chi connectivity index (χ3v) is 3.49. The third kappa shape index (κ3) is 2.79. The second-order valence-electron chi connectivity index (χ2n) is 4.74. The zero-order chi connectivity index (χ0) is 12.3. The number of nitrogens with two attached hydrogens (primary N) is 1. The lowest BCUT2D eigenvalue weighted by Crippen LogP contribution is -2.23. The minimum Gasteiger partial charge on any atom is -0.494 e. The smallest absolute Gasteiger partial charge is 0.122 e. The second kappa shape index (κ2) is 5.52. The van der Waals surface area contributed by atoms with Crippen molar-refractivity contribution >= 4 is 0 Å². The number of benzene rings is 1. The van der Waals surface area contributed by atoms with Gasteiger partial charge in [0.2, 0.25) is 0 Å². The van der Waals surface area contributed by atoms with Gasteiger partial charge >= 0.3 is 0 Å². The highest BCUT2D eigenvalue weighted by atomic mass is 16.5. The van der Waals surface area contributed by atoms with Crippen LogP contribution in [0.2, 0.25) is 0 Å². The monoisotopic (exact) mass is 234 g/mol. The molecule has 1 heterocycles. The fraction of sp³-hybridized carbons (Fsp3) is 0.571. The van der Waals surface area contributed by atoms with E-state index in [4.69, 9.17) is 10.5 Å². The van der Waals surface area contributed by atoms with E-state index >= 15 is 0 Å². The predicted octanol–water partition coefficient (Wildman–Crippen LogP) is 2.00. The summed E-state index contributed by atoms with van der Waals surface area (Å²) in [5.41, 5.74) is 8.71. The highest BCUT2D eigenvalue weighted by molar-refractivity contribution is 5.37. The molecule has 3 N–H and O–H groups in total. The van der Waals surface area contributed by atoms with Crippen molar-refractivity contribution in [3.8, 4) is 5.75 Å². The molecule has 94 valence electrons. The Labute approximate surface area is 103 Å². The first-order chi connectivity index (χ1) is 8.22. The van der Waals surface area contributed by atoms with Gasteiger partial charge in [-0.2, -0.15) is 0 Å². The standard InChI is InChI=1S/C14H22N2O/c1-3-17-13-5-4-11(8-10(13)2)14(15)12-6-7-16-9-12/h4-5,8,12,14,16H,3,6-7,9,15H2,1-2H3. The molecule has 17 heavy (non-hydrogen) atoms. The topological polar surface area (TPSA) is 47.3 Å². The summed E-state index contributed by atoms with van der Waals surface area (Å²) in [4.78, 5) is 0. The van der Waals surface area contributed by atoms with Crippen molar-refractivity contribution in [3.63, 3.8) is 0 Å². The van der Waals surface area contributed by atoms with Crippen LogP contribution in [0.3, 0.4) is 0 Å². The molecular formula is C14H22N2O. The van der Waals surface area contributed by atoms with Crippen LogP contribution in [0.5, 0.6) is 5.75 Å². The van der Waals surface area contributed by atoms with Crippen LogP contribution in [0.25, 0.3) is 0 Å². The number of hydrogen-bond acceptors (Lipinski definition) is 3. The first-order valence-corrected chi connectivity index (χ1v) is 6.42. The summed E-state index contributed by atoms with van der Waals surface area (Å²) in [5, 5.41) is 3.36. The molecule has 0 spiro atoms. The summed E-state index contributed by atoms with van der Waals surface area (Å²) in [5.74, 6) is 1.53.